The van der Waals surface area contributed by atoms with Gasteiger partial charge in [0, 0.05) is 17.4 Å². The molecule has 2 fully saturated rings. The Bertz CT molecular complexity index is 936. The summed E-state index contributed by atoms with van der Waals surface area (Å²) in [5.74, 6) is -3.58. The van der Waals surface area contributed by atoms with E-state index >= 15 is 0 Å². The highest BCUT2D eigenvalue weighted by molar-refractivity contribution is 7.98. The van der Waals surface area contributed by atoms with Gasteiger partial charge < -0.3 is 15.6 Å². The summed E-state index contributed by atoms with van der Waals surface area (Å²) in [4.78, 5) is 15.3. The lowest BCUT2D eigenvalue weighted by atomic mass is 9.99. The predicted octanol–water partition coefficient (Wildman–Crippen LogP) is 2.10. The average molecular weight is 471 g/mol. The molecular formula is C16H24F2N3O7PS. The first-order valence-corrected chi connectivity index (χ1v) is 11.6. The highest BCUT2D eigenvalue weighted by Crippen LogP contribution is 2.59. The topological polar surface area (TPSA) is 135 Å². The van der Waals surface area contributed by atoms with Gasteiger partial charge in [0.1, 0.15) is 11.9 Å². The molecule has 30 heavy (non-hydrogen) atoms. The molecule has 0 saturated carbocycles. The van der Waals surface area contributed by atoms with E-state index in [1.54, 1.807) is 0 Å². The van der Waals surface area contributed by atoms with Crippen LogP contribution in [0.2, 0.25) is 0 Å². The summed E-state index contributed by atoms with van der Waals surface area (Å²) in [5, 5.41) is 10.1. The molecule has 3 rings (SSSR count). The molecular weight excluding hydrogens is 447 g/mol. The van der Waals surface area contributed by atoms with E-state index in [9.17, 15) is 23.2 Å². The second-order valence-corrected chi connectivity index (χ2v) is 10.6. The Kier molecular flexibility index (Phi) is 6.55. The zero-order valence-electron chi connectivity index (χ0n) is 16.5. The molecule has 4 atom stereocenters. The van der Waals surface area contributed by atoms with Crippen molar-refractivity contribution in [3.63, 3.8) is 0 Å². The molecule has 0 bridgehead atoms. The van der Waals surface area contributed by atoms with Crippen molar-refractivity contribution < 1.29 is 36.8 Å². The summed E-state index contributed by atoms with van der Waals surface area (Å²) in [6.45, 7) is 4.86. The van der Waals surface area contributed by atoms with Crippen molar-refractivity contribution in [1.29, 1.82) is 0 Å². The number of aliphatic hydroxyl groups is 1. The van der Waals surface area contributed by atoms with Gasteiger partial charge in [-0.05, 0) is 6.07 Å². The summed E-state index contributed by atoms with van der Waals surface area (Å²) in [6.07, 6.45) is -4.20. The Morgan fingerprint density at radius 3 is 2.87 bits per heavy atom. The average Bonchev–Trinajstić information content (AvgIpc) is 2.88. The van der Waals surface area contributed by atoms with Crippen LogP contribution in [-0.2, 0) is 22.9 Å². The fourth-order valence-corrected chi connectivity index (χ4v) is 5.19. The van der Waals surface area contributed by atoms with Gasteiger partial charge in [-0.1, -0.05) is 20.8 Å². The Labute approximate surface area is 174 Å². The number of nitrogens with two attached hydrogens (primary N) is 1. The van der Waals surface area contributed by atoms with Gasteiger partial charge >= 0.3 is 19.4 Å². The van der Waals surface area contributed by atoms with Crippen molar-refractivity contribution in [1.82, 2.24) is 9.55 Å². The van der Waals surface area contributed by atoms with Gasteiger partial charge in [0.25, 0.3) is 0 Å². The largest absolute Gasteiger partial charge is 0.475 e. The number of ether oxygens (including phenoxy) is 1. The van der Waals surface area contributed by atoms with Crippen LogP contribution in [0, 0.1) is 5.41 Å². The number of fused-ring (bicyclic) bond motifs is 1. The molecule has 2 saturated heterocycles. The number of thiol groups is 1. The van der Waals surface area contributed by atoms with Crippen LogP contribution in [0.3, 0.4) is 0 Å². The maximum atomic E-state index is 14.9. The van der Waals surface area contributed by atoms with Crippen molar-refractivity contribution >= 4 is 30.0 Å². The lowest BCUT2D eigenvalue weighted by Gasteiger charge is -2.31. The van der Waals surface area contributed by atoms with Gasteiger partial charge in [0.2, 0.25) is 6.23 Å². The molecule has 14 heteroatoms. The second-order valence-electron chi connectivity index (χ2n) is 7.80. The molecule has 1 aromatic heterocycles. The summed E-state index contributed by atoms with van der Waals surface area (Å²) in [6, 6.07) is 1.18. The first-order valence-electron chi connectivity index (χ1n) is 9.03. The molecule has 2 aliphatic heterocycles. The van der Waals surface area contributed by atoms with Crippen LogP contribution in [-0.4, -0.2) is 56.8 Å². The highest BCUT2D eigenvalue weighted by Gasteiger charge is 2.65. The second kappa shape index (κ2) is 8.38. The maximum absolute atomic E-state index is 14.9. The van der Waals surface area contributed by atoms with Gasteiger partial charge in [-0.15, -0.1) is 0 Å². The van der Waals surface area contributed by atoms with Crippen molar-refractivity contribution in [2.45, 2.75) is 45.1 Å². The zero-order chi connectivity index (χ0) is 22.3. The lowest BCUT2D eigenvalue weighted by Crippen LogP contribution is -2.45. The Hall–Kier alpha value is -1.21. The predicted molar refractivity (Wildman–Crippen MR) is 107 cm³/mol. The zero-order valence-corrected chi connectivity index (χ0v) is 18.3. The Morgan fingerprint density at radius 2 is 2.23 bits per heavy atom. The standard InChI is InChI=1S/C16H24F2N3O7PS/c1-15(2,3)13(22)30-7-6-25-29(24)26-8-9-11(28-29)16(17,18)12(27-9)21-5-4-10(19)20-14(21)23/h4-5,9,11-12,22,30H,6-8H2,1-3H3,(H2,19,20,23)/t9-,11-,12-,29?/m1/s1. The minimum atomic E-state index is -4.28. The highest BCUT2D eigenvalue weighted by atomic mass is 32.1. The number of anilines is 1. The molecule has 1 aromatic rings. The number of aromatic nitrogens is 2. The minimum absolute atomic E-state index is 0.124. The number of phosphoric ester groups is 1. The van der Waals surface area contributed by atoms with Crippen molar-refractivity contribution in [2.75, 3.05) is 24.7 Å². The van der Waals surface area contributed by atoms with Crippen molar-refractivity contribution in [2.24, 2.45) is 5.41 Å². The molecule has 0 amide bonds. The molecule has 170 valence electrons. The molecule has 0 aliphatic carbocycles. The van der Waals surface area contributed by atoms with E-state index in [1.165, 1.54) is 6.07 Å². The van der Waals surface area contributed by atoms with E-state index in [1.807, 2.05) is 20.8 Å². The molecule has 0 spiro atoms. The number of aliphatic hydroxyl groups excluding tert-OH is 1. The van der Waals surface area contributed by atoms with E-state index in [-0.39, 0.29) is 23.2 Å². The lowest BCUT2D eigenvalue weighted by molar-refractivity contribution is -0.138. The molecule has 10 nitrogen and oxygen atoms in total. The number of hydrogen-bond donors (Lipinski definition) is 3. The first-order chi connectivity index (χ1) is 13.8. The summed E-state index contributed by atoms with van der Waals surface area (Å²) in [5.41, 5.74) is 3.93. The summed E-state index contributed by atoms with van der Waals surface area (Å²) < 4.78 is 63.5. The number of halogens is 2. The van der Waals surface area contributed by atoms with Crippen molar-refractivity contribution in [3.05, 3.63) is 22.7 Å². The number of nitrogens with zero attached hydrogens (tertiary/aromatic N) is 2. The van der Waals surface area contributed by atoms with Gasteiger partial charge in [-0.3, -0.25) is 18.1 Å². The van der Waals surface area contributed by atoms with Gasteiger partial charge in [0.05, 0.1) is 18.3 Å². The molecule has 0 aromatic carbocycles. The maximum Gasteiger partial charge on any atom is 0.475 e. The Morgan fingerprint density at radius 1 is 1.53 bits per heavy atom. The van der Waals surface area contributed by atoms with Crippen LogP contribution in [0.5, 0.6) is 0 Å². The third kappa shape index (κ3) is 4.82. The fourth-order valence-electron chi connectivity index (χ4n) is 2.78. The fraction of sp³-hybridized carbons (Fsp3) is 0.688. The molecule has 1 unspecified atom stereocenters. The normalized spacial score (nSPS) is 31.8. The summed E-state index contributed by atoms with van der Waals surface area (Å²) >= 11 is 0.547. The SMILES string of the molecule is CC(C)(C)C(O)=[SH]CCOP1(=O)OC[C@H]2O[C@@H](n3ccc(N)nc3=O)C(F)(F)[C@@H]2O1. The van der Waals surface area contributed by atoms with E-state index < -0.39 is 49.9 Å². The number of rotatable bonds is 5. The third-order valence-corrected chi connectivity index (χ3v) is 7.19. The van der Waals surface area contributed by atoms with Crippen LogP contribution in [0.1, 0.15) is 27.0 Å². The molecule has 3 N–H and O–H groups in total. The van der Waals surface area contributed by atoms with E-state index in [4.69, 9.17) is 24.0 Å². The monoisotopic (exact) mass is 471 g/mol. The first kappa shape index (κ1) is 23.5. The van der Waals surface area contributed by atoms with Gasteiger partial charge in [0.15, 0.2) is 6.10 Å². The van der Waals surface area contributed by atoms with Gasteiger partial charge in [-0.2, -0.15) is 25.1 Å². The van der Waals surface area contributed by atoms with Crippen LogP contribution < -0.4 is 11.4 Å². The number of phosphoric acid groups is 1. The van der Waals surface area contributed by atoms with E-state index in [0.717, 1.165) is 6.20 Å². The minimum Gasteiger partial charge on any atom is -0.383 e. The quantitative estimate of drug-likeness (QED) is 0.255. The van der Waals surface area contributed by atoms with Crippen LogP contribution in [0.4, 0.5) is 14.6 Å². The van der Waals surface area contributed by atoms with Crippen LogP contribution in [0.25, 0.3) is 0 Å². The Balaban J connectivity index is 1.69. The van der Waals surface area contributed by atoms with Crippen molar-refractivity contribution in [3.8, 4) is 0 Å². The number of hydrogen-bond acceptors (Lipinski definition) is 8. The van der Waals surface area contributed by atoms with Crippen LogP contribution >= 0.6 is 19.2 Å². The molecule has 0 radical (unpaired) electrons. The number of nitrogen functional groups attached to an aromatic ring is 1. The van der Waals surface area contributed by atoms with E-state index in [0.29, 0.717) is 15.9 Å². The molecule has 2 aliphatic rings. The third-order valence-electron chi connectivity index (χ3n) is 4.37. The molecule has 3 heterocycles. The summed E-state index contributed by atoms with van der Waals surface area (Å²) in [7, 11) is -4.28. The smallest absolute Gasteiger partial charge is 0.383 e. The van der Waals surface area contributed by atoms with Gasteiger partial charge in [-0.25, -0.2) is 9.36 Å². The van der Waals surface area contributed by atoms with E-state index in [2.05, 4.69) is 4.98 Å². The number of alkyl halides is 2. The van der Waals surface area contributed by atoms with Crippen LogP contribution in [0.15, 0.2) is 17.1 Å².